The summed E-state index contributed by atoms with van der Waals surface area (Å²) in [6, 6.07) is 0. The predicted octanol–water partition coefficient (Wildman–Crippen LogP) is -0.489. The quantitative estimate of drug-likeness (QED) is 0.578. The second kappa shape index (κ2) is 3.70. The molecule has 0 aromatic carbocycles. The first-order chi connectivity index (χ1) is 6.11. The van der Waals surface area contributed by atoms with Crippen molar-refractivity contribution in [3.8, 4) is 0 Å². The molecule has 0 atom stereocenters. The van der Waals surface area contributed by atoms with Crippen molar-refractivity contribution < 1.29 is 24.5 Å². The van der Waals surface area contributed by atoms with Crippen molar-refractivity contribution >= 4 is 17.8 Å². The highest BCUT2D eigenvalue weighted by molar-refractivity contribution is 6.18. The van der Waals surface area contributed by atoms with Crippen LogP contribution in [0.15, 0.2) is 16.6 Å². The molecule has 1 heterocycles. The first-order valence-corrected chi connectivity index (χ1v) is 3.47. The van der Waals surface area contributed by atoms with Crippen LogP contribution in [-0.2, 0) is 14.3 Å². The van der Waals surface area contributed by atoms with Crippen LogP contribution in [0.2, 0.25) is 0 Å². The number of aliphatic carboxylic acids is 2. The van der Waals surface area contributed by atoms with Gasteiger partial charge < -0.3 is 14.9 Å². The number of carboxylic acids is 2. The van der Waals surface area contributed by atoms with Crippen molar-refractivity contribution in [3.05, 3.63) is 11.6 Å². The number of carbonyl (C=O) groups is 2. The van der Waals surface area contributed by atoms with Crippen LogP contribution >= 0.6 is 0 Å². The van der Waals surface area contributed by atoms with Gasteiger partial charge >= 0.3 is 11.9 Å². The van der Waals surface area contributed by atoms with E-state index in [1.54, 1.807) is 0 Å². The Balaban J connectivity index is 2.91. The molecule has 0 fully saturated rings. The molecule has 6 heteroatoms. The van der Waals surface area contributed by atoms with E-state index in [-0.39, 0.29) is 5.90 Å². The lowest BCUT2D eigenvalue weighted by molar-refractivity contribution is -0.134. The highest BCUT2D eigenvalue weighted by Crippen LogP contribution is 2.06. The Labute approximate surface area is 73.2 Å². The Morgan fingerprint density at radius 2 is 2.15 bits per heavy atom. The van der Waals surface area contributed by atoms with Crippen molar-refractivity contribution in [2.24, 2.45) is 4.99 Å². The lowest BCUT2D eigenvalue weighted by Gasteiger charge is -1.99. The summed E-state index contributed by atoms with van der Waals surface area (Å²) >= 11 is 0. The summed E-state index contributed by atoms with van der Waals surface area (Å²) in [5.74, 6) is -2.81. The summed E-state index contributed by atoms with van der Waals surface area (Å²) in [5.41, 5.74) is -0.426. The minimum Gasteiger partial charge on any atom is -0.478 e. The largest absolute Gasteiger partial charge is 0.478 e. The zero-order valence-electron chi connectivity index (χ0n) is 6.56. The van der Waals surface area contributed by atoms with E-state index in [9.17, 15) is 9.59 Å². The fraction of sp³-hybridized carbons (Fsp3) is 0.286. The molecule has 1 aliphatic heterocycles. The average Bonchev–Trinajstić information content (AvgIpc) is 2.50. The van der Waals surface area contributed by atoms with Crippen LogP contribution < -0.4 is 0 Å². The van der Waals surface area contributed by atoms with E-state index in [4.69, 9.17) is 14.9 Å². The molecule has 13 heavy (non-hydrogen) atoms. The van der Waals surface area contributed by atoms with Crippen molar-refractivity contribution in [1.82, 2.24) is 0 Å². The molecule has 70 valence electrons. The number of hydrogen-bond donors (Lipinski definition) is 2. The number of carboxylic acid groups (broad SMARTS) is 2. The maximum absolute atomic E-state index is 10.5. The van der Waals surface area contributed by atoms with E-state index in [0.29, 0.717) is 19.2 Å². The number of aliphatic imine (C=N–C) groups is 1. The molecule has 0 aromatic heterocycles. The van der Waals surface area contributed by atoms with Crippen LogP contribution in [0.5, 0.6) is 0 Å². The zero-order chi connectivity index (χ0) is 9.84. The van der Waals surface area contributed by atoms with Crippen molar-refractivity contribution in [2.75, 3.05) is 13.2 Å². The molecule has 6 nitrogen and oxygen atoms in total. The van der Waals surface area contributed by atoms with Crippen LogP contribution in [-0.4, -0.2) is 41.2 Å². The summed E-state index contributed by atoms with van der Waals surface area (Å²) in [6.07, 6.45) is 0.562. The SMILES string of the molecule is O=C(O)/C=C(/C(=O)O)C1=NCCO1. The molecular weight excluding hydrogens is 178 g/mol. The first-order valence-electron chi connectivity index (χ1n) is 3.47. The van der Waals surface area contributed by atoms with Crippen molar-refractivity contribution in [1.29, 1.82) is 0 Å². The standard InChI is InChI=1S/C7H7NO5/c9-5(10)3-4(7(11)12)6-8-1-2-13-6/h3H,1-2H2,(H,9,10)(H,11,12)/b4-3+. The smallest absolute Gasteiger partial charge is 0.341 e. The predicted molar refractivity (Wildman–Crippen MR) is 41.6 cm³/mol. The Kier molecular flexibility index (Phi) is 2.63. The van der Waals surface area contributed by atoms with Gasteiger partial charge in [0, 0.05) is 6.08 Å². The summed E-state index contributed by atoms with van der Waals surface area (Å²) in [4.78, 5) is 24.4. The molecule has 0 saturated heterocycles. The molecule has 0 saturated carbocycles. The second-order valence-corrected chi connectivity index (χ2v) is 2.24. The lowest BCUT2D eigenvalue weighted by atomic mass is 10.2. The van der Waals surface area contributed by atoms with Gasteiger partial charge in [0.2, 0.25) is 5.90 Å². The highest BCUT2D eigenvalue weighted by Gasteiger charge is 2.20. The van der Waals surface area contributed by atoms with Gasteiger partial charge in [-0.25, -0.2) is 14.6 Å². The van der Waals surface area contributed by atoms with Crippen LogP contribution in [0.1, 0.15) is 0 Å². The van der Waals surface area contributed by atoms with E-state index in [2.05, 4.69) is 4.99 Å². The molecule has 1 aliphatic rings. The molecule has 1 rings (SSSR count). The van der Waals surface area contributed by atoms with Gasteiger partial charge in [0.05, 0.1) is 6.54 Å². The van der Waals surface area contributed by atoms with Gasteiger partial charge in [-0.3, -0.25) is 0 Å². The summed E-state index contributed by atoms with van der Waals surface area (Å²) < 4.78 is 4.81. The third-order valence-electron chi connectivity index (χ3n) is 1.31. The average molecular weight is 185 g/mol. The van der Waals surface area contributed by atoms with E-state index >= 15 is 0 Å². The fourth-order valence-electron chi connectivity index (χ4n) is 0.837. The normalized spacial score (nSPS) is 16.3. The third kappa shape index (κ3) is 2.29. The van der Waals surface area contributed by atoms with Crippen molar-refractivity contribution in [3.63, 3.8) is 0 Å². The molecular formula is C7H7NO5. The molecule has 0 unspecified atom stereocenters. The third-order valence-corrected chi connectivity index (χ3v) is 1.31. The van der Waals surface area contributed by atoms with Crippen LogP contribution in [0, 0.1) is 0 Å². The fourth-order valence-corrected chi connectivity index (χ4v) is 0.837. The molecule has 2 N–H and O–H groups in total. The first kappa shape index (κ1) is 9.24. The number of hydrogen-bond acceptors (Lipinski definition) is 4. The Morgan fingerprint density at radius 3 is 2.54 bits per heavy atom. The second-order valence-electron chi connectivity index (χ2n) is 2.24. The van der Waals surface area contributed by atoms with Gasteiger partial charge in [0.1, 0.15) is 12.2 Å². The summed E-state index contributed by atoms with van der Waals surface area (Å²) in [6.45, 7) is 0.652. The van der Waals surface area contributed by atoms with Gasteiger partial charge in [0.25, 0.3) is 0 Å². The van der Waals surface area contributed by atoms with Crippen LogP contribution in [0.4, 0.5) is 0 Å². The van der Waals surface area contributed by atoms with E-state index in [1.165, 1.54) is 0 Å². The topological polar surface area (TPSA) is 96.2 Å². The minimum atomic E-state index is -1.36. The molecule has 0 bridgehead atoms. The zero-order valence-corrected chi connectivity index (χ0v) is 6.56. The van der Waals surface area contributed by atoms with E-state index < -0.39 is 17.5 Å². The number of nitrogens with zero attached hydrogens (tertiary/aromatic N) is 1. The Bertz CT molecular complexity index is 304. The maximum Gasteiger partial charge on any atom is 0.341 e. The van der Waals surface area contributed by atoms with E-state index in [0.717, 1.165) is 0 Å². The van der Waals surface area contributed by atoms with Gasteiger partial charge in [-0.05, 0) is 0 Å². The summed E-state index contributed by atoms with van der Waals surface area (Å²) in [7, 11) is 0. The van der Waals surface area contributed by atoms with Gasteiger partial charge in [-0.1, -0.05) is 0 Å². The lowest BCUT2D eigenvalue weighted by Crippen LogP contribution is -2.14. The van der Waals surface area contributed by atoms with Gasteiger partial charge in [-0.15, -0.1) is 0 Å². The van der Waals surface area contributed by atoms with E-state index in [1.807, 2.05) is 0 Å². The van der Waals surface area contributed by atoms with Crippen molar-refractivity contribution in [2.45, 2.75) is 0 Å². The monoisotopic (exact) mass is 185 g/mol. The maximum atomic E-state index is 10.5. The van der Waals surface area contributed by atoms with Crippen LogP contribution in [0.25, 0.3) is 0 Å². The number of rotatable bonds is 3. The van der Waals surface area contributed by atoms with Crippen LogP contribution in [0.3, 0.4) is 0 Å². The Morgan fingerprint density at radius 1 is 1.46 bits per heavy atom. The molecule has 0 amide bonds. The molecule has 0 spiro atoms. The molecule has 0 radical (unpaired) electrons. The molecule has 0 aromatic rings. The molecule has 0 aliphatic carbocycles. The van der Waals surface area contributed by atoms with Gasteiger partial charge in [-0.2, -0.15) is 0 Å². The highest BCUT2D eigenvalue weighted by atomic mass is 16.5. The number of ether oxygens (including phenoxy) is 1. The minimum absolute atomic E-state index is 0.116. The Hall–Kier alpha value is -1.85. The summed E-state index contributed by atoms with van der Waals surface area (Å²) in [5, 5.41) is 16.9. The van der Waals surface area contributed by atoms with Gasteiger partial charge in [0.15, 0.2) is 0 Å².